The van der Waals surface area contributed by atoms with Crippen LogP contribution in [0, 0.1) is 0 Å². The molecule has 0 bridgehead atoms. The molecule has 0 unspecified atom stereocenters. The van der Waals surface area contributed by atoms with Crippen molar-refractivity contribution in [2.75, 3.05) is 0 Å². The molecule has 0 fully saturated rings. The van der Waals surface area contributed by atoms with E-state index in [4.69, 9.17) is 10.2 Å². The van der Waals surface area contributed by atoms with Gasteiger partial charge in [0, 0.05) is 6.08 Å². The fourth-order valence-corrected chi connectivity index (χ4v) is 1.64. The van der Waals surface area contributed by atoms with Gasteiger partial charge in [0.15, 0.2) is 0 Å². The van der Waals surface area contributed by atoms with Gasteiger partial charge < -0.3 is 14.9 Å². The van der Waals surface area contributed by atoms with Crippen molar-refractivity contribution in [3.8, 4) is 17.1 Å². The number of nitrogens with two attached hydrogens (primary N) is 1. The van der Waals surface area contributed by atoms with Gasteiger partial charge in [-0.1, -0.05) is 12.1 Å². The molecule has 1 aromatic carbocycles. The second-order valence-electron chi connectivity index (χ2n) is 3.98. The number of amides is 1. The van der Waals surface area contributed by atoms with Crippen LogP contribution in [0.4, 0.5) is 13.2 Å². The molecule has 21 heavy (non-hydrogen) atoms. The van der Waals surface area contributed by atoms with Crippen LogP contribution >= 0.6 is 0 Å². The first kappa shape index (κ1) is 14.7. The highest BCUT2D eigenvalue weighted by atomic mass is 19.4. The maximum Gasteiger partial charge on any atom is 0.573 e. The van der Waals surface area contributed by atoms with Crippen LogP contribution in [0.2, 0.25) is 0 Å². The van der Waals surface area contributed by atoms with Crippen molar-refractivity contribution in [2.24, 2.45) is 5.73 Å². The molecule has 0 spiro atoms. The molecule has 0 radical (unpaired) electrons. The summed E-state index contributed by atoms with van der Waals surface area (Å²) in [6.07, 6.45) is -2.39. The molecule has 0 aliphatic carbocycles. The van der Waals surface area contributed by atoms with Gasteiger partial charge in [0.25, 0.3) is 0 Å². The smallest absolute Gasteiger partial charge is 0.457 e. The summed E-state index contributed by atoms with van der Waals surface area (Å²) in [5.41, 5.74) is 5.09. The molecule has 0 atom stereocenters. The summed E-state index contributed by atoms with van der Waals surface area (Å²) >= 11 is 0. The minimum Gasteiger partial charge on any atom is -0.457 e. The Hall–Kier alpha value is -2.70. The van der Waals surface area contributed by atoms with Crippen LogP contribution in [-0.2, 0) is 4.79 Å². The Morgan fingerprint density at radius 3 is 2.57 bits per heavy atom. The second kappa shape index (κ2) is 5.74. The van der Waals surface area contributed by atoms with Crippen LogP contribution in [0.25, 0.3) is 17.4 Å². The van der Waals surface area contributed by atoms with Crippen molar-refractivity contribution in [3.63, 3.8) is 0 Å². The fraction of sp³-hybridized carbons (Fsp3) is 0.0714. The number of carbonyl (C=O) groups is 1. The lowest BCUT2D eigenvalue weighted by atomic mass is 10.1. The predicted molar refractivity (Wildman–Crippen MR) is 69.1 cm³/mol. The number of benzene rings is 1. The maximum atomic E-state index is 12.3. The minimum absolute atomic E-state index is 0.147. The topological polar surface area (TPSA) is 65.5 Å². The van der Waals surface area contributed by atoms with Crippen molar-refractivity contribution in [1.29, 1.82) is 0 Å². The Kier molecular flexibility index (Phi) is 4.02. The number of furan rings is 1. The third kappa shape index (κ3) is 4.13. The summed E-state index contributed by atoms with van der Waals surface area (Å²) in [4.78, 5) is 10.6. The van der Waals surface area contributed by atoms with Crippen LogP contribution in [0.15, 0.2) is 46.9 Å². The Morgan fingerprint density at radius 1 is 1.19 bits per heavy atom. The Balaban J connectivity index is 2.32. The molecule has 1 heterocycles. The molecular weight excluding hydrogens is 287 g/mol. The van der Waals surface area contributed by atoms with Crippen molar-refractivity contribution >= 4 is 12.0 Å². The molecule has 2 N–H and O–H groups in total. The molecule has 1 aromatic heterocycles. The predicted octanol–water partition coefficient (Wildman–Crippen LogP) is 3.34. The van der Waals surface area contributed by atoms with E-state index in [1.165, 1.54) is 36.4 Å². The molecule has 0 saturated heterocycles. The van der Waals surface area contributed by atoms with E-state index in [1.807, 2.05) is 0 Å². The molecule has 0 aliphatic heterocycles. The number of alkyl halides is 3. The molecule has 1 amide bonds. The number of carbonyl (C=O) groups excluding carboxylic acids is 1. The largest absolute Gasteiger partial charge is 0.573 e. The van der Waals surface area contributed by atoms with Crippen molar-refractivity contribution in [2.45, 2.75) is 6.36 Å². The highest BCUT2D eigenvalue weighted by Gasteiger charge is 2.32. The highest BCUT2D eigenvalue weighted by Crippen LogP contribution is 2.34. The van der Waals surface area contributed by atoms with Crippen LogP contribution in [0.5, 0.6) is 5.75 Å². The maximum absolute atomic E-state index is 12.3. The zero-order valence-corrected chi connectivity index (χ0v) is 10.6. The van der Waals surface area contributed by atoms with E-state index in [1.54, 1.807) is 6.07 Å². The van der Waals surface area contributed by atoms with Gasteiger partial charge >= 0.3 is 6.36 Å². The lowest BCUT2D eigenvalue weighted by Crippen LogP contribution is -2.17. The number of ether oxygens (including phenoxy) is 1. The average Bonchev–Trinajstić information content (AvgIpc) is 2.83. The standard InChI is InChI=1S/C14H10F3NO3/c15-14(16,17)21-12-4-2-1-3-10(12)11-7-5-9(20-11)6-8-13(18)19/h1-8H,(H2,18,19). The van der Waals surface area contributed by atoms with Gasteiger partial charge in [-0.25, -0.2) is 0 Å². The van der Waals surface area contributed by atoms with E-state index >= 15 is 0 Å². The van der Waals surface area contributed by atoms with E-state index in [-0.39, 0.29) is 22.8 Å². The first-order chi connectivity index (χ1) is 9.85. The number of primary amides is 1. The van der Waals surface area contributed by atoms with Gasteiger partial charge in [0.05, 0.1) is 5.56 Å². The SMILES string of the molecule is NC(=O)C=Cc1ccc(-c2ccccc2OC(F)(F)F)o1. The zero-order valence-electron chi connectivity index (χ0n) is 10.6. The van der Waals surface area contributed by atoms with Crippen molar-refractivity contribution in [1.82, 2.24) is 0 Å². The number of hydrogen-bond donors (Lipinski definition) is 1. The Bertz CT molecular complexity index is 674. The minimum atomic E-state index is -4.79. The lowest BCUT2D eigenvalue weighted by Gasteiger charge is -2.11. The van der Waals surface area contributed by atoms with Gasteiger partial charge in [0.2, 0.25) is 5.91 Å². The third-order valence-electron chi connectivity index (χ3n) is 2.42. The first-order valence-electron chi connectivity index (χ1n) is 5.77. The molecule has 0 aliphatic rings. The normalized spacial score (nSPS) is 11.8. The summed E-state index contributed by atoms with van der Waals surface area (Å²) in [6, 6.07) is 8.56. The summed E-state index contributed by atoms with van der Waals surface area (Å²) in [7, 11) is 0. The highest BCUT2D eigenvalue weighted by molar-refractivity contribution is 5.89. The summed E-state index contributed by atoms with van der Waals surface area (Å²) in [6.45, 7) is 0. The fourth-order valence-electron chi connectivity index (χ4n) is 1.64. The summed E-state index contributed by atoms with van der Waals surface area (Å²) < 4.78 is 46.3. The van der Waals surface area contributed by atoms with Crippen LogP contribution < -0.4 is 10.5 Å². The first-order valence-corrected chi connectivity index (χ1v) is 5.77. The molecule has 2 rings (SSSR count). The van der Waals surface area contributed by atoms with Crippen LogP contribution in [-0.4, -0.2) is 12.3 Å². The van der Waals surface area contributed by atoms with Crippen LogP contribution in [0.1, 0.15) is 5.76 Å². The Labute approximate surface area is 117 Å². The summed E-state index contributed by atoms with van der Waals surface area (Å²) in [5.74, 6) is -0.567. The Morgan fingerprint density at radius 2 is 1.90 bits per heavy atom. The van der Waals surface area contributed by atoms with Gasteiger partial charge in [-0.15, -0.1) is 13.2 Å². The van der Waals surface area contributed by atoms with E-state index < -0.39 is 12.3 Å². The molecule has 0 saturated carbocycles. The average molecular weight is 297 g/mol. The number of rotatable bonds is 4. The lowest BCUT2D eigenvalue weighted by molar-refractivity contribution is -0.274. The number of para-hydroxylation sites is 1. The zero-order chi connectivity index (χ0) is 15.5. The summed E-state index contributed by atoms with van der Waals surface area (Å²) in [5, 5.41) is 0. The quantitative estimate of drug-likeness (QED) is 0.880. The van der Waals surface area contributed by atoms with Crippen molar-refractivity contribution in [3.05, 3.63) is 48.2 Å². The van der Waals surface area contributed by atoms with E-state index in [2.05, 4.69) is 4.74 Å². The molecule has 2 aromatic rings. The van der Waals surface area contributed by atoms with Gasteiger partial charge in [-0.05, 0) is 30.3 Å². The monoisotopic (exact) mass is 297 g/mol. The van der Waals surface area contributed by atoms with Crippen LogP contribution in [0.3, 0.4) is 0 Å². The number of halogens is 3. The third-order valence-corrected chi connectivity index (χ3v) is 2.42. The molecular formula is C14H10F3NO3. The number of hydrogen-bond acceptors (Lipinski definition) is 3. The molecule has 110 valence electrons. The molecule has 7 heteroatoms. The van der Waals surface area contributed by atoms with E-state index in [9.17, 15) is 18.0 Å². The van der Waals surface area contributed by atoms with Gasteiger partial charge in [-0.3, -0.25) is 4.79 Å². The van der Waals surface area contributed by atoms with Crippen molar-refractivity contribution < 1.29 is 27.1 Å². The molecule has 4 nitrogen and oxygen atoms in total. The second-order valence-corrected chi connectivity index (χ2v) is 3.98. The van der Waals surface area contributed by atoms with E-state index in [0.717, 1.165) is 6.08 Å². The van der Waals surface area contributed by atoms with E-state index in [0.29, 0.717) is 0 Å². The van der Waals surface area contributed by atoms with Gasteiger partial charge in [-0.2, -0.15) is 0 Å². The van der Waals surface area contributed by atoms with Gasteiger partial charge in [0.1, 0.15) is 17.3 Å².